The van der Waals surface area contributed by atoms with Crippen LogP contribution in [0.1, 0.15) is 39.9 Å². The van der Waals surface area contributed by atoms with E-state index in [9.17, 15) is 4.79 Å². The molecule has 29 heavy (non-hydrogen) atoms. The number of aryl methyl sites for hydroxylation is 3. The summed E-state index contributed by atoms with van der Waals surface area (Å²) in [6.45, 7) is 4.10. The third kappa shape index (κ3) is 3.10. The molecule has 2 aliphatic heterocycles. The fraction of sp³-hybridized carbons (Fsp3) is 0.304. The molecule has 2 aliphatic rings. The Morgan fingerprint density at radius 3 is 2.76 bits per heavy atom. The number of nitrogens with one attached hydrogen (secondary N) is 2. The maximum atomic E-state index is 12.9. The lowest BCUT2D eigenvalue weighted by Gasteiger charge is -2.37. The average Bonchev–Trinajstić information content (AvgIpc) is 2.70. The van der Waals surface area contributed by atoms with Gasteiger partial charge in [0.2, 0.25) is 5.55 Å². The van der Waals surface area contributed by atoms with E-state index < -0.39 is 0 Å². The number of hydrogen-bond donors (Lipinski definition) is 2. The largest absolute Gasteiger partial charge is 0.438 e. The van der Waals surface area contributed by atoms with Crippen LogP contribution in [0.3, 0.4) is 0 Å². The summed E-state index contributed by atoms with van der Waals surface area (Å²) in [6.07, 6.45) is 4.22. The van der Waals surface area contributed by atoms with E-state index in [4.69, 9.17) is 21.4 Å². The highest BCUT2D eigenvalue weighted by atomic mass is 35.5. The first kappa shape index (κ1) is 18.3. The van der Waals surface area contributed by atoms with Gasteiger partial charge in [0.05, 0.1) is 10.7 Å². The predicted octanol–water partition coefficient (Wildman–Crippen LogP) is 4.83. The van der Waals surface area contributed by atoms with Crippen LogP contribution < -0.4 is 15.8 Å². The fourth-order valence-corrected chi connectivity index (χ4v) is 4.82. The number of rotatable bonds is 2. The first-order valence-electron chi connectivity index (χ1n) is 10.0. The van der Waals surface area contributed by atoms with Crippen molar-refractivity contribution in [3.05, 3.63) is 63.2 Å². The summed E-state index contributed by atoms with van der Waals surface area (Å²) in [5.74, 6) is -0.389. The van der Waals surface area contributed by atoms with Crippen LogP contribution in [0.25, 0.3) is 11.0 Å². The lowest BCUT2D eigenvalue weighted by atomic mass is 9.90. The molecule has 6 heteroatoms. The van der Waals surface area contributed by atoms with E-state index in [1.807, 2.05) is 13.0 Å². The fourth-order valence-electron chi connectivity index (χ4n) is 4.54. The molecule has 0 atom stereocenters. The average molecular weight is 408 g/mol. The Labute approximate surface area is 173 Å². The molecule has 0 spiro atoms. The molecule has 1 amide bonds. The van der Waals surface area contributed by atoms with Crippen molar-refractivity contribution in [3.8, 4) is 0 Å². The van der Waals surface area contributed by atoms with E-state index in [-0.39, 0.29) is 17.0 Å². The van der Waals surface area contributed by atoms with E-state index in [0.29, 0.717) is 10.7 Å². The standard InChI is InChI=1S/C23H22ClN3O2/c1-13-6-7-19(18(24)10-13)26-23(28)17-12-15-11-14-4-2-8-27-9-3-5-16(20(14)27)21(15)29-22(17)25/h6-7,10-12,25H,2-5,8-9H2,1H3,(H,26,28). The SMILES string of the molecule is Cc1ccc(NC(=O)c2cc3cc4c5c(c3oc2=N)CCCN5CCC4)c(Cl)c1. The molecule has 0 bridgehead atoms. The Kier molecular flexibility index (Phi) is 4.36. The predicted molar refractivity (Wildman–Crippen MR) is 115 cm³/mol. The number of benzene rings is 2. The van der Waals surface area contributed by atoms with Crippen molar-refractivity contribution in [1.29, 1.82) is 5.41 Å². The third-order valence-electron chi connectivity index (χ3n) is 5.87. The summed E-state index contributed by atoms with van der Waals surface area (Å²) < 4.78 is 5.92. The van der Waals surface area contributed by atoms with Gasteiger partial charge < -0.3 is 14.6 Å². The van der Waals surface area contributed by atoms with Crippen LogP contribution in [0.2, 0.25) is 5.02 Å². The summed E-state index contributed by atoms with van der Waals surface area (Å²) >= 11 is 6.25. The number of anilines is 2. The Morgan fingerprint density at radius 1 is 1.17 bits per heavy atom. The molecule has 148 valence electrons. The molecule has 1 aromatic heterocycles. The number of halogens is 1. The zero-order chi connectivity index (χ0) is 20.1. The third-order valence-corrected chi connectivity index (χ3v) is 6.18. The molecule has 0 fully saturated rings. The van der Waals surface area contributed by atoms with Gasteiger partial charge in [-0.2, -0.15) is 0 Å². The molecule has 3 aromatic rings. The molecule has 5 rings (SSSR count). The minimum atomic E-state index is -0.389. The highest BCUT2D eigenvalue weighted by molar-refractivity contribution is 6.34. The van der Waals surface area contributed by atoms with Crippen molar-refractivity contribution in [2.45, 2.75) is 32.6 Å². The zero-order valence-corrected chi connectivity index (χ0v) is 17.0. The van der Waals surface area contributed by atoms with E-state index in [1.165, 1.54) is 16.8 Å². The second-order valence-corrected chi connectivity index (χ2v) is 8.31. The molecule has 2 aromatic carbocycles. The van der Waals surface area contributed by atoms with Crippen molar-refractivity contribution in [1.82, 2.24) is 0 Å². The van der Waals surface area contributed by atoms with Crippen LogP contribution in [-0.2, 0) is 12.8 Å². The van der Waals surface area contributed by atoms with Crippen molar-refractivity contribution in [3.63, 3.8) is 0 Å². The number of carbonyl (C=O) groups is 1. The van der Waals surface area contributed by atoms with Gasteiger partial charge >= 0.3 is 0 Å². The maximum Gasteiger partial charge on any atom is 0.261 e. The van der Waals surface area contributed by atoms with Crippen molar-refractivity contribution in [2.75, 3.05) is 23.3 Å². The van der Waals surface area contributed by atoms with E-state index in [2.05, 4.69) is 16.3 Å². The molecule has 0 saturated heterocycles. The zero-order valence-electron chi connectivity index (χ0n) is 16.3. The summed E-state index contributed by atoms with van der Waals surface area (Å²) in [5.41, 5.74) is 6.17. The lowest BCUT2D eigenvalue weighted by molar-refractivity contribution is 0.102. The van der Waals surface area contributed by atoms with Gasteiger partial charge in [0.1, 0.15) is 11.1 Å². The first-order chi connectivity index (χ1) is 14.0. The monoisotopic (exact) mass is 407 g/mol. The number of nitrogens with zero attached hydrogens (tertiary/aromatic N) is 1. The van der Waals surface area contributed by atoms with Gasteiger partial charge in [0.15, 0.2) is 0 Å². The molecular formula is C23H22ClN3O2. The minimum absolute atomic E-state index is 0.123. The molecule has 0 radical (unpaired) electrons. The highest BCUT2D eigenvalue weighted by Crippen LogP contribution is 2.39. The smallest absolute Gasteiger partial charge is 0.261 e. The first-order valence-corrected chi connectivity index (χ1v) is 10.4. The topological polar surface area (TPSA) is 69.3 Å². The molecule has 5 nitrogen and oxygen atoms in total. The summed E-state index contributed by atoms with van der Waals surface area (Å²) in [7, 11) is 0. The summed E-state index contributed by atoms with van der Waals surface area (Å²) in [6, 6.07) is 9.36. The molecule has 2 N–H and O–H groups in total. The molecular weight excluding hydrogens is 386 g/mol. The van der Waals surface area contributed by atoms with Crippen molar-refractivity contribution in [2.24, 2.45) is 0 Å². The molecule has 0 saturated carbocycles. The number of amides is 1. The van der Waals surface area contributed by atoms with Crippen LogP contribution in [0.15, 0.2) is 34.7 Å². The van der Waals surface area contributed by atoms with Gasteiger partial charge in [0.25, 0.3) is 5.91 Å². The van der Waals surface area contributed by atoms with Crippen LogP contribution in [-0.4, -0.2) is 19.0 Å². The van der Waals surface area contributed by atoms with Crippen molar-refractivity contribution >= 4 is 39.9 Å². The van der Waals surface area contributed by atoms with Crippen LogP contribution >= 0.6 is 11.6 Å². The highest BCUT2D eigenvalue weighted by Gasteiger charge is 2.27. The molecule has 0 aliphatic carbocycles. The van der Waals surface area contributed by atoms with Crippen LogP contribution in [0.4, 0.5) is 11.4 Å². The minimum Gasteiger partial charge on any atom is -0.438 e. The van der Waals surface area contributed by atoms with Gasteiger partial charge in [0, 0.05) is 29.7 Å². The normalized spacial score (nSPS) is 15.3. The van der Waals surface area contributed by atoms with E-state index in [0.717, 1.165) is 55.3 Å². The van der Waals surface area contributed by atoms with E-state index in [1.54, 1.807) is 18.2 Å². The Hall–Kier alpha value is -2.79. The Morgan fingerprint density at radius 2 is 1.97 bits per heavy atom. The lowest BCUT2D eigenvalue weighted by Crippen LogP contribution is -2.34. The molecule has 0 unspecified atom stereocenters. The van der Waals surface area contributed by atoms with E-state index >= 15 is 0 Å². The number of carbonyl (C=O) groups excluding carboxylic acids is 1. The van der Waals surface area contributed by atoms with Gasteiger partial charge in [-0.05, 0) is 68.0 Å². The summed E-state index contributed by atoms with van der Waals surface area (Å²) in [4.78, 5) is 15.3. The van der Waals surface area contributed by atoms with Gasteiger partial charge in [-0.1, -0.05) is 17.7 Å². The van der Waals surface area contributed by atoms with Gasteiger partial charge in [-0.3, -0.25) is 10.2 Å². The van der Waals surface area contributed by atoms with Crippen LogP contribution in [0, 0.1) is 12.3 Å². The van der Waals surface area contributed by atoms with Crippen molar-refractivity contribution < 1.29 is 9.21 Å². The van der Waals surface area contributed by atoms with Crippen LogP contribution in [0.5, 0.6) is 0 Å². The second kappa shape index (κ2) is 6.92. The van der Waals surface area contributed by atoms with Gasteiger partial charge in [-0.25, -0.2) is 0 Å². The molecule has 3 heterocycles. The Bertz CT molecular complexity index is 1210. The van der Waals surface area contributed by atoms with Gasteiger partial charge in [-0.15, -0.1) is 0 Å². The second-order valence-electron chi connectivity index (χ2n) is 7.90. The Balaban J connectivity index is 1.59. The number of hydrogen-bond acceptors (Lipinski definition) is 4. The quantitative estimate of drug-likeness (QED) is 0.639. The summed E-state index contributed by atoms with van der Waals surface area (Å²) in [5, 5.41) is 12.5. The maximum absolute atomic E-state index is 12.9. The number of fused-ring (bicyclic) bond motifs is 2.